The number of rotatable bonds is 1. The van der Waals surface area contributed by atoms with E-state index in [2.05, 4.69) is 14.7 Å². The lowest BCUT2D eigenvalue weighted by Gasteiger charge is -2.00. The summed E-state index contributed by atoms with van der Waals surface area (Å²) in [6.45, 7) is 1.85. The Balaban J connectivity index is 2.61. The van der Waals surface area contributed by atoms with Crippen LogP contribution in [0.25, 0.3) is 11.4 Å². The molecule has 0 fully saturated rings. The summed E-state index contributed by atoms with van der Waals surface area (Å²) in [4.78, 5) is 13.1. The Hall–Kier alpha value is -2.04. The number of phenols is 1. The average molecular weight is 192 g/mol. The van der Waals surface area contributed by atoms with E-state index in [1.54, 1.807) is 12.1 Å². The third-order valence-electron chi connectivity index (χ3n) is 1.92. The molecule has 1 heterocycles. The van der Waals surface area contributed by atoms with Gasteiger partial charge in [-0.2, -0.15) is 0 Å². The van der Waals surface area contributed by atoms with Crippen molar-refractivity contribution < 1.29 is 9.63 Å². The van der Waals surface area contributed by atoms with Gasteiger partial charge in [-0.3, -0.25) is 9.51 Å². The fraction of sp³-hybridized carbons (Fsp3) is 0.111. The smallest absolute Gasteiger partial charge is 0.439 e. The molecule has 0 aliphatic heterocycles. The van der Waals surface area contributed by atoms with E-state index in [9.17, 15) is 9.90 Å². The molecule has 0 radical (unpaired) electrons. The number of aromatic hydroxyl groups is 1. The highest BCUT2D eigenvalue weighted by molar-refractivity contribution is 5.61. The standard InChI is InChI=1S/C9H8N2O3/c1-5-2-3-6(12)4-7(5)8-10-9(13)14-11-8/h2-4,12H,1H3,(H,10,11,13). The first-order chi connectivity index (χ1) is 6.66. The van der Waals surface area contributed by atoms with Crippen LogP contribution in [0.5, 0.6) is 5.75 Å². The van der Waals surface area contributed by atoms with Gasteiger partial charge in [0.05, 0.1) is 0 Å². The van der Waals surface area contributed by atoms with Crippen molar-refractivity contribution >= 4 is 0 Å². The second-order valence-electron chi connectivity index (χ2n) is 2.94. The SMILES string of the molecule is Cc1ccc(O)cc1-c1noc(=O)[nH]1. The number of aryl methyl sites for hydroxylation is 1. The molecule has 5 nitrogen and oxygen atoms in total. The van der Waals surface area contributed by atoms with Crippen LogP contribution in [0.4, 0.5) is 0 Å². The van der Waals surface area contributed by atoms with E-state index in [1.165, 1.54) is 6.07 Å². The Morgan fingerprint density at radius 1 is 1.50 bits per heavy atom. The van der Waals surface area contributed by atoms with Gasteiger partial charge in [0.1, 0.15) is 5.75 Å². The van der Waals surface area contributed by atoms with Crippen LogP contribution in [0.1, 0.15) is 5.56 Å². The molecule has 0 aliphatic carbocycles. The summed E-state index contributed by atoms with van der Waals surface area (Å²) < 4.78 is 4.37. The van der Waals surface area contributed by atoms with E-state index in [0.717, 1.165) is 5.56 Å². The molecule has 0 atom stereocenters. The van der Waals surface area contributed by atoms with Gasteiger partial charge in [-0.05, 0) is 24.6 Å². The Labute approximate surface area is 79.0 Å². The number of hydrogen-bond acceptors (Lipinski definition) is 4. The Morgan fingerprint density at radius 3 is 2.93 bits per heavy atom. The van der Waals surface area contributed by atoms with Crippen LogP contribution in [0.3, 0.4) is 0 Å². The molecular weight excluding hydrogens is 184 g/mol. The molecule has 0 saturated heterocycles. The van der Waals surface area contributed by atoms with Crippen molar-refractivity contribution in [3.8, 4) is 17.1 Å². The zero-order valence-corrected chi connectivity index (χ0v) is 7.44. The summed E-state index contributed by atoms with van der Waals surface area (Å²) in [6.07, 6.45) is 0. The monoisotopic (exact) mass is 192 g/mol. The Morgan fingerprint density at radius 2 is 2.29 bits per heavy atom. The van der Waals surface area contributed by atoms with Crippen molar-refractivity contribution in [2.45, 2.75) is 6.92 Å². The molecule has 0 spiro atoms. The van der Waals surface area contributed by atoms with Crippen molar-refractivity contribution in [1.29, 1.82) is 0 Å². The maximum atomic E-state index is 10.7. The van der Waals surface area contributed by atoms with Crippen molar-refractivity contribution in [3.63, 3.8) is 0 Å². The highest BCUT2D eigenvalue weighted by Crippen LogP contribution is 2.23. The molecule has 1 aromatic carbocycles. The van der Waals surface area contributed by atoms with Gasteiger partial charge in [0.25, 0.3) is 0 Å². The van der Waals surface area contributed by atoms with E-state index >= 15 is 0 Å². The predicted octanol–water partition coefficient (Wildman–Crippen LogP) is 1.04. The van der Waals surface area contributed by atoms with Gasteiger partial charge in [-0.15, -0.1) is 0 Å². The number of nitrogens with zero attached hydrogens (tertiary/aromatic N) is 1. The average Bonchev–Trinajstić information content (AvgIpc) is 2.56. The first kappa shape index (κ1) is 8.55. The van der Waals surface area contributed by atoms with Crippen LogP contribution in [0, 0.1) is 6.92 Å². The van der Waals surface area contributed by atoms with E-state index in [0.29, 0.717) is 11.4 Å². The summed E-state index contributed by atoms with van der Waals surface area (Å²) >= 11 is 0. The first-order valence-corrected chi connectivity index (χ1v) is 4.03. The van der Waals surface area contributed by atoms with Gasteiger partial charge in [0.2, 0.25) is 0 Å². The predicted molar refractivity (Wildman–Crippen MR) is 49.0 cm³/mol. The fourth-order valence-electron chi connectivity index (χ4n) is 1.21. The number of hydrogen-bond donors (Lipinski definition) is 2. The van der Waals surface area contributed by atoms with Crippen LogP contribution >= 0.6 is 0 Å². The van der Waals surface area contributed by atoms with Crippen LogP contribution in [-0.2, 0) is 0 Å². The third kappa shape index (κ3) is 1.39. The van der Waals surface area contributed by atoms with E-state index in [4.69, 9.17) is 0 Å². The molecule has 0 bridgehead atoms. The molecule has 5 heteroatoms. The van der Waals surface area contributed by atoms with Crippen LogP contribution in [0.15, 0.2) is 27.5 Å². The van der Waals surface area contributed by atoms with Crippen molar-refractivity contribution in [2.75, 3.05) is 0 Å². The maximum absolute atomic E-state index is 10.7. The third-order valence-corrected chi connectivity index (χ3v) is 1.92. The lowest BCUT2D eigenvalue weighted by Crippen LogP contribution is -1.95. The molecular formula is C9H8N2O3. The number of benzene rings is 1. The summed E-state index contributed by atoms with van der Waals surface area (Å²) in [5, 5.41) is 12.8. The largest absolute Gasteiger partial charge is 0.508 e. The minimum absolute atomic E-state index is 0.120. The molecule has 1 aromatic heterocycles. The van der Waals surface area contributed by atoms with Crippen molar-refractivity contribution in [1.82, 2.24) is 10.1 Å². The second-order valence-corrected chi connectivity index (χ2v) is 2.94. The molecule has 0 saturated carbocycles. The number of aromatic amines is 1. The second kappa shape index (κ2) is 3.02. The number of nitrogens with one attached hydrogen (secondary N) is 1. The summed E-state index contributed by atoms with van der Waals surface area (Å²) in [5.41, 5.74) is 1.54. The van der Waals surface area contributed by atoms with E-state index in [-0.39, 0.29) is 5.75 Å². The summed E-state index contributed by atoms with van der Waals surface area (Å²) in [5.74, 6) is -0.166. The zero-order chi connectivity index (χ0) is 10.1. The Kier molecular flexibility index (Phi) is 1.85. The number of phenolic OH excluding ortho intramolecular Hbond substituents is 1. The quantitative estimate of drug-likeness (QED) is 0.707. The summed E-state index contributed by atoms with van der Waals surface area (Å²) in [7, 11) is 0. The minimum atomic E-state index is -0.609. The lowest BCUT2D eigenvalue weighted by atomic mass is 10.1. The van der Waals surface area contributed by atoms with Crippen molar-refractivity contribution in [3.05, 3.63) is 34.3 Å². The highest BCUT2D eigenvalue weighted by Gasteiger charge is 2.07. The fourth-order valence-corrected chi connectivity index (χ4v) is 1.21. The first-order valence-electron chi connectivity index (χ1n) is 4.03. The summed E-state index contributed by atoms with van der Waals surface area (Å²) in [6, 6.07) is 4.82. The van der Waals surface area contributed by atoms with Gasteiger partial charge in [0, 0.05) is 5.56 Å². The van der Waals surface area contributed by atoms with E-state index < -0.39 is 5.76 Å². The van der Waals surface area contributed by atoms with Gasteiger partial charge >= 0.3 is 5.76 Å². The Bertz CT molecular complexity index is 513. The van der Waals surface area contributed by atoms with Gasteiger partial charge in [-0.25, -0.2) is 4.79 Å². The van der Waals surface area contributed by atoms with Gasteiger partial charge in [0.15, 0.2) is 5.82 Å². The highest BCUT2D eigenvalue weighted by atomic mass is 16.5. The molecule has 2 N–H and O–H groups in total. The van der Waals surface area contributed by atoms with Crippen LogP contribution in [-0.4, -0.2) is 15.2 Å². The molecule has 2 aromatic rings. The molecule has 0 amide bonds. The number of H-pyrrole nitrogens is 1. The van der Waals surface area contributed by atoms with Crippen LogP contribution < -0.4 is 5.76 Å². The van der Waals surface area contributed by atoms with Crippen LogP contribution in [0.2, 0.25) is 0 Å². The molecule has 2 rings (SSSR count). The topological polar surface area (TPSA) is 79.1 Å². The molecule has 14 heavy (non-hydrogen) atoms. The zero-order valence-electron chi connectivity index (χ0n) is 7.44. The molecule has 72 valence electrons. The van der Waals surface area contributed by atoms with Gasteiger partial charge in [-0.1, -0.05) is 11.2 Å². The van der Waals surface area contributed by atoms with Gasteiger partial charge < -0.3 is 5.11 Å². The van der Waals surface area contributed by atoms with Crippen molar-refractivity contribution in [2.24, 2.45) is 0 Å². The lowest BCUT2D eigenvalue weighted by molar-refractivity contribution is 0.388. The molecule has 0 unspecified atom stereocenters. The van der Waals surface area contributed by atoms with E-state index in [1.807, 2.05) is 6.92 Å². The normalized spacial score (nSPS) is 10.4. The maximum Gasteiger partial charge on any atom is 0.439 e. The molecule has 0 aliphatic rings. The number of aromatic nitrogens is 2. The minimum Gasteiger partial charge on any atom is -0.508 e.